The van der Waals surface area contributed by atoms with Gasteiger partial charge in [-0.05, 0) is 30.2 Å². The second-order valence-electron chi connectivity index (χ2n) is 8.22. The first-order valence-corrected chi connectivity index (χ1v) is 10.9. The predicted octanol–water partition coefficient (Wildman–Crippen LogP) is 1.80. The average Bonchev–Trinajstić information content (AvgIpc) is 3.49. The van der Waals surface area contributed by atoms with E-state index >= 15 is 0 Å². The van der Waals surface area contributed by atoms with Gasteiger partial charge in [0.15, 0.2) is 11.5 Å². The zero-order valence-corrected chi connectivity index (χ0v) is 18.8. The van der Waals surface area contributed by atoms with Crippen LogP contribution in [0.15, 0.2) is 34.9 Å². The Bertz CT molecular complexity index is 1180. The minimum atomic E-state index is -0.674. The number of amides is 3. The third-order valence-corrected chi connectivity index (χ3v) is 5.60. The Hall–Kier alpha value is -3.66. The van der Waals surface area contributed by atoms with Crippen LogP contribution in [0.5, 0.6) is 0 Å². The van der Waals surface area contributed by atoms with Gasteiger partial charge in [-0.1, -0.05) is 13.8 Å². The van der Waals surface area contributed by atoms with Gasteiger partial charge in [-0.25, -0.2) is 0 Å². The summed E-state index contributed by atoms with van der Waals surface area (Å²) in [5.41, 5.74) is 1.73. The van der Waals surface area contributed by atoms with E-state index in [1.165, 1.54) is 7.05 Å². The van der Waals surface area contributed by atoms with Crippen LogP contribution in [-0.2, 0) is 9.53 Å². The van der Waals surface area contributed by atoms with Crippen molar-refractivity contribution in [1.29, 1.82) is 0 Å². The molecule has 1 saturated heterocycles. The highest BCUT2D eigenvalue weighted by Crippen LogP contribution is 2.25. The fourth-order valence-electron chi connectivity index (χ4n) is 3.71. The lowest BCUT2D eigenvalue weighted by Crippen LogP contribution is -2.48. The molecule has 1 atom stereocenters. The van der Waals surface area contributed by atoms with E-state index in [4.69, 9.17) is 9.15 Å². The van der Waals surface area contributed by atoms with E-state index in [2.05, 4.69) is 20.6 Å². The van der Waals surface area contributed by atoms with Gasteiger partial charge in [0.1, 0.15) is 17.4 Å². The van der Waals surface area contributed by atoms with Crippen LogP contribution in [-0.4, -0.2) is 72.0 Å². The Morgan fingerprint density at radius 2 is 1.91 bits per heavy atom. The lowest BCUT2D eigenvalue weighted by Gasteiger charge is -2.26. The van der Waals surface area contributed by atoms with Crippen molar-refractivity contribution < 1.29 is 23.5 Å². The summed E-state index contributed by atoms with van der Waals surface area (Å²) in [4.78, 5) is 46.7. The van der Waals surface area contributed by atoms with Crippen molar-refractivity contribution in [3.8, 4) is 11.5 Å². The SMILES string of the molecule is CNC(=O)[C@@H](NC(=O)c1ccc(-c2cc3[nH]c(C(=O)N4CCOCC4)cc3cn2)o1)C(C)C. The van der Waals surface area contributed by atoms with Crippen molar-refractivity contribution in [1.82, 2.24) is 25.5 Å². The van der Waals surface area contributed by atoms with Gasteiger partial charge in [0.2, 0.25) is 5.91 Å². The largest absolute Gasteiger partial charge is 0.449 e. The summed E-state index contributed by atoms with van der Waals surface area (Å²) in [5.74, 6) is -0.442. The Balaban J connectivity index is 1.52. The molecule has 0 aliphatic carbocycles. The maximum atomic E-state index is 12.7. The molecule has 4 rings (SSSR count). The number of morpholine rings is 1. The van der Waals surface area contributed by atoms with Crippen molar-refractivity contribution in [2.45, 2.75) is 19.9 Å². The first kappa shape index (κ1) is 22.5. The monoisotopic (exact) mass is 453 g/mol. The second-order valence-corrected chi connectivity index (χ2v) is 8.22. The highest BCUT2D eigenvalue weighted by molar-refractivity contribution is 5.98. The molecule has 10 nitrogen and oxygen atoms in total. The summed E-state index contributed by atoms with van der Waals surface area (Å²) in [6.07, 6.45) is 1.65. The van der Waals surface area contributed by atoms with Crippen LogP contribution in [0, 0.1) is 5.92 Å². The number of H-pyrrole nitrogens is 1. The number of likely N-dealkylation sites (N-methyl/N-ethyl adjacent to an activating group) is 1. The Labute approximate surface area is 190 Å². The van der Waals surface area contributed by atoms with Gasteiger partial charge in [-0.15, -0.1) is 0 Å². The summed E-state index contributed by atoms with van der Waals surface area (Å²) in [6, 6.07) is 6.06. The van der Waals surface area contributed by atoms with Gasteiger partial charge < -0.3 is 29.7 Å². The third kappa shape index (κ3) is 4.75. The number of ether oxygens (including phenoxy) is 1. The van der Waals surface area contributed by atoms with Gasteiger partial charge in [-0.3, -0.25) is 19.4 Å². The van der Waals surface area contributed by atoms with Crippen LogP contribution in [0.2, 0.25) is 0 Å². The normalized spacial score (nSPS) is 15.0. The van der Waals surface area contributed by atoms with Crippen LogP contribution in [0.3, 0.4) is 0 Å². The fraction of sp³-hybridized carbons (Fsp3) is 0.391. The van der Waals surface area contributed by atoms with Crippen LogP contribution in [0.25, 0.3) is 22.4 Å². The van der Waals surface area contributed by atoms with Gasteiger partial charge >= 0.3 is 0 Å². The number of carbonyl (C=O) groups excluding carboxylic acids is 3. The number of fused-ring (bicyclic) bond motifs is 1. The zero-order chi connectivity index (χ0) is 23.5. The number of hydrogen-bond donors (Lipinski definition) is 3. The molecule has 0 bridgehead atoms. The van der Waals surface area contributed by atoms with E-state index in [9.17, 15) is 14.4 Å². The van der Waals surface area contributed by atoms with E-state index in [1.54, 1.807) is 35.4 Å². The average molecular weight is 453 g/mol. The number of nitrogens with one attached hydrogen (secondary N) is 3. The molecular weight excluding hydrogens is 426 g/mol. The molecule has 3 N–H and O–H groups in total. The van der Waals surface area contributed by atoms with E-state index < -0.39 is 11.9 Å². The Kier molecular flexibility index (Phi) is 6.45. The van der Waals surface area contributed by atoms with E-state index in [0.29, 0.717) is 43.5 Å². The van der Waals surface area contributed by atoms with Crippen molar-refractivity contribution in [2.24, 2.45) is 5.92 Å². The lowest BCUT2D eigenvalue weighted by atomic mass is 10.0. The molecule has 3 amide bonds. The summed E-state index contributed by atoms with van der Waals surface area (Å²) in [6.45, 7) is 5.89. The molecule has 0 spiro atoms. The topological polar surface area (TPSA) is 130 Å². The fourth-order valence-corrected chi connectivity index (χ4v) is 3.71. The molecule has 3 aromatic heterocycles. The molecule has 1 fully saturated rings. The van der Waals surface area contributed by atoms with Crippen LogP contribution in [0.1, 0.15) is 34.9 Å². The Morgan fingerprint density at radius 3 is 2.61 bits per heavy atom. The molecule has 0 radical (unpaired) electrons. The van der Waals surface area contributed by atoms with Crippen molar-refractivity contribution in [3.05, 3.63) is 41.9 Å². The van der Waals surface area contributed by atoms with Crippen molar-refractivity contribution in [2.75, 3.05) is 33.4 Å². The number of carbonyl (C=O) groups is 3. The third-order valence-electron chi connectivity index (χ3n) is 5.60. The standard InChI is InChI=1S/C23H27N5O5/c1-13(2)20(22(30)24-3)27-21(29)19-5-4-18(33-19)16-11-15-14(12-25-16)10-17(26-15)23(31)28-6-8-32-9-7-28/h4-5,10-13,20,26H,6-9H2,1-3H3,(H,24,30)(H,27,29)/t20-/m0/s1. The number of rotatable bonds is 6. The summed E-state index contributed by atoms with van der Waals surface area (Å²) in [7, 11) is 1.53. The molecule has 1 aliphatic heterocycles. The molecule has 0 aromatic carbocycles. The van der Waals surface area contributed by atoms with Gasteiger partial charge in [0.05, 0.1) is 13.2 Å². The molecular formula is C23H27N5O5. The van der Waals surface area contributed by atoms with Gasteiger partial charge in [0.25, 0.3) is 11.8 Å². The van der Waals surface area contributed by atoms with Crippen molar-refractivity contribution in [3.63, 3.8) is 0 Å². The molecule has 0 unspecified atom stereocenters. The summed E-state index contributed by atoms with van der Waals surface area (Å²) < 4.78 is 11.0. The van der Waals surface area contributed by atoms with Crippen LogP contribution in [0.4, 0.5) is 0 Å². The van der Waals surface area contributed by atoms with E-state index in [0.717, 1.165) is 10.9 Å². The highest BCUT2D eigenvalue weighted by atomic mass is 16.5. The molecule has 1 aliphatic rings. The number of aromatic nitrogens is 2. The molecule has 10 heteroatoms. The van der Waals surface area contributed by atoms with Crippen LogP contribution < -0.4 is 10.6 Å². The molecule has 4 heterocycles. The first-order valence-electron chi connectivity index (χ1n) is 10.9. The number of hydrogen-bond acceptors (Lipinski definition) is 6. The second kappa shape index (κ2) is 9.45. The Morgan fingerprint density at radius 1 is 1.15 bits per heavy atom. The smallest absolute Gasteiger partial charge is 0.287 e. The molecule has 33 heavy (non-hydrogen) atoms. The van der Waals surface area contributed by atoms with Gasteiger partial charge in [-0.2, -0.15) is 0 Å². The summed E-state index contributed by atoms with van der Waals surface area (Å²) in [5, 5.41) is 6.05. The molecule has 3 aromatic rings. The lowest BCUT2D eigenvalue weighted by molar-refractivity contribution is -0.123. The minimum absolute atomic E-state index is 0.0797. The maximum absolute atomic E-state index is 12.7. The zero-order valence-electron chi connectivity index (χ0n) is 18.8. The van der Waals surface area contributed by atoms with E-state index in [-0.39, 0.29) is 23.5 Å². The number of furan rings is 1. The molecule has 0 saturated carbocycles. The minimum Gasteiger partial charge on any atom is -0.449 e. The van der Waals surface area contributed by atoms with Gasteiger partial charge in [0, 0.05) is 37.2 Å². The van der Waals surface area contributed by atoms with E-state index in [1.807, 2.05) is 13.8 Å². The van der Waals surface area contributed by atoms with Crippen LogP contribution >= 0.6 is 0 Å². The van der Waals surface area contributed by atoms with Crippen molar-refractivity contribution >= 4 is 28.6 Å². The number of aromatic amines is 1. The predicted molar refractivity (Wildman–Crippen MR) is 121 cm³/mol. The quantitative estimate of drug-likeness (QED) is 0.522. The number of pyridine rings is 1. The molecule has 174 valence electrons. The summed E-state index contributed by atoms with van der Waals surface area (Å²) >= 11 is 0. The maximum Gasteiger partial charge on any atom is 0.287 e. The highest BCUT2D eigenvalue weighted by Gasteiger charge is 2.25. The number of nitrogens with zero attached hydrogens (tertiary/aromatic N) is 2. The first-order chi connectivity index (χ1) is 15.9.